The largest absolute Gasteiger partial charge is 0.427 e. The molecule has 44 heavy (non-hydrogen) atoms. The summed E-state index contributed by atoms with van der Waals surface area (Å²) < 4.78 is 35.5. The third-order valence-corrected chi connectivity index (χ3v) is 9.88. The smallest absolute Gasteiger partial charge is 0.308 e. The molecule has 4 aromatic rings. The summed E-state index contributed by atoms with van der Waals surface area (Å²) in [6, 6.07) is 35.3. The third-order valence-electron chi connectivity index (χ3n) is 8.03. The first-order valence-electron chi connectivity index (χ1n) is 14.2. The van der Waals surface area contributed by atoms with Crippen LogP contribution < -0.4 is 4.74 Å². The van der Waals surface area contributed by atoms with Gasteiger partial charge in [-0.3, -0.25) is 4.79 Å². The molecule has 0 unspecified atom stereocenters. The number of carbonyl (C=O) groups excluding carboxylic acids is 1. The first kappa shape index (κ1) is 30.4. The van der Waals surface area contributed by atoms with Crippen molar-refractivity contribution >= 4 is 22.1 Å². The molecule has 0 N–H and O–H groups in total. The number of hydrogen-bond acceptors (Lipinski definition) is 6. The van der Waals surface area contributed by atoms with E-state index in [-0.39, 0.29) is 17.2 Å². The fourth-order valence-electron chi connectivity index (χ4n) is 5.91. The van der Waals surface area contributed by atoms with Gasteiger partial charge in [0.1, 0.15) is 5.75 Å². The molecule has 1 saturated heterocycles. The second-order valence-corrected chi connectivity index (χ2v) is 12.7. The van der Waals surface area contributed by atoms with E-state index >= 15 is 0 Å². The number of esters is 1. The van der Waals surface area contributed by atoms with E-state index in [4.69, 9.17) is 4.74 Å². The van der Waals surface area contributed by atoms with Gasteiger partial charge < -0.3 is 4.74 Å². The Bertz CT molecular complexity index is 1830. The first-order valence-corrected chi connectivity index (χ1v) is 15.6. The van der Waals surface area contributed by atoms with Crippen molar-refractivity contribution in [1.29, 1.82) is 10.5 Å². The molecule has 8 heteroatoms. The van der Waals surface area contributed by atoms with Crippen molar-refractivity contribution in [2.75, 3.05) is 6.54 Å². The topological polar surface area (TPSA) is 111 Å². The number of sulfonamides is 1. The minimum absolute atomic E-state index is 0.0193. The maximum Gasteiger partial charge on any atom is 0.308 e. The van der Waals surface area contributed by atoms with Crippen molar-refractivity contribution in [1.82, 2.24) is 4.31 Å². The standard InChI is InChI=1S/C36H31N3O4S/c1-26-13-20-32(21-14-26)44(41,42)39-23-33(29-11-7-4-8-12-29)34(22-15-28-9-5-3-6-10-28)36(24-37,25-38)35(39)30-16-18-31(19-17-30)43-27(2)40/h3-22,33-35H,23H2,1-2H3/b22-15+/t33-,34+,35-/m0/s1. The number of aryl methyl sites for hydroxylation is 1. The minimum Gasteiger partial charge on any atom is -0.427 e. The maximum absolute atomic E-state index is 14.5. The van der Waals surface area contributed by atoms with E-state index < -0.39 is 39.3 Å². The van der Waals surface area contributed by atoms with Gasteiger partial charge in [0.15, 0.2) is 5.41 Å². The summed E-state index contributed by atoms with van der Waals surface area (Å²) >= 11 is 0. The summed E-state index contributed by atoms with van der Waals surface area (Å²) in [5, 5.41) is 21.9. The quantitative estimate of drug-likeness (QED) is 0.170. The Balaban J connectivity index is 1.76. The molecule has 1 aliphatic heterocycles. The van der Waals surface area contributed by atoms with Crippen LogP contribution >= 0.6 is 0 Å². The lowest BCUT2D eigenvalue weighted by atomic mass is 9.61. The van der Waals surface area contributed by atoms with Crippen LogP contribution in [0.4, 0.5) is 0 Å². The molecule has 1 fully saturated rings. The van der Waals surface area contributed by atoms with Gasteiger partial charge in [-0.1, -0.05) is 103 Å². The van der Waals surface area contributed by atoms with Crippen molar-refractivity contribution in [3.63, 3.8) is 0 Å². The molecule has 5 rings (SSSR count). The highest BCUT2D eigenvalue weighted by Crippen LogP contribution is 2.55. The second-order valence-electron chi connectivity index (χ2n) is 10.9. The zero-order chi connectivity index (χ0) is 31.3. The molecule has 1 aliphatic rings. The summed E-state index contributed by atoms with van der Waals surface area (Å²) in [4.78, 5) is 11.6. The normalized spacial score (nSPS) is 20.0. The molecule has 0 saturated carbocycles. The van der Waals surface area contributed by atoms with Gasteiger partial charge in [0.05, 0.1) is 23.1 Å². The molecule has 7 nitrogen and oxygen atoms in total. The van der Waals surface area contributed by atoms with Crippen LogP contribution in [0.25, 0.3) is 6.08 Å². The molecule has 1 heterocycles. The van der Waals surface area contributed by atoms with E-state index in [9.17, 15) is 23.7 Å². The Morgan fingerprint density at radius 3 is 2.02 bits per heavy atom. The Kier molecular flexibility index (Phi) is 8.78. The Morgan fingerprint density at radius 2 is 1.45 bits per heavy atom. The summed E-state index contributed by atoms with van der Waals surface area (Å²) in [5.41, 5.74) is 1.20. The highest BCUT2D eigenvalue weighted by molar-refractivity contribution is 7.89. The third kappa shape index (κ3) is 5.91. The lowest BCUT2D eigenvalue weighted by Crippen LogP contribution is -2.54. The molecule has 0 bridgehead atoms. The summed E-state index contributed by atoms with van der Waals surface area (Å²) in [6.07, 6.45) is 3.75. The average molecular weight is 602 g/mol. The van der Waals surface area contributed by atoms with E-state index in [1.54, 1.807) is 48.5 Å². The van der Waals surface area contributed by atoms with E-state index in [0.29, 0.717) is 5.56 Å². The Labute approximate surface area is 258 Å². The second kappa shape index (κ2) is 12.7. The zero-order valence-corrected chi connectivity index (χ0v) is 25.2. The van der Waals surface area contributed by atoms with Gasteiger partial charge in [-0.15, -0.1) is 0 Å². The molecular weight excluding hydrogens is 570 g/mol. The summed E-state index contributed by atoms with van der Waals surface area (Å²) in [7, 11) is -4.21. The molecule has 0 aliphatic carbocycles. The van der Waals surface area contributed by atoms with Crippen LogP contribution in [0.1, 0.15) is 41.1 Å². The van der Waals surface area contributed by atoms with Crippen LogP contribution in [0, 0.1) is 40.9 Å². The Morgan fingerprint density at radius 1 is 0.864 bits per heavy atom. The number of benzene rings is 4. The van der Waals surface area contributed by atoms with E-state index in [1.165, 1.54) is 11.2 Å². The van der Waals surface area contributed by atoms with E-state index in [2.05, 4.69) is 12.1 Å². The van der Waals surface area contributed by atoms with Crippen molar-refractivity contribution in [2.24, 2.45) is 11.3 Å². The van der Waals surface area contributed by atoms with E-state index in [0.717, 1.165) is 16.7 Å². The molecule has 0 aromatic heterocycles. The van der Waals surface area contributed by atoms with Gasteiger partial charge in [0.2, 0.25) is 10.0 Å². The Hall–Kier alpha value is -5.02. The molecular formula is C36H31N3O4S. The number of ether oxygens (including phenoxy) is 1. The number of allylic oxidation sites excluding steroid dienone is 1. The molecule has 0 radical (unpaired) electrons. The lowest BCUT2D eigenvalue weighted by Gasteiger charge is -2.49. The lowest BCUT2D eigenvalue weighted by molar-refractivity contribution is -0.131. The van der Waals surface area contributed by atoms with Crippen LogP contribution in [0.2, 0.25) is 0 Å². The van der Waals surface area contributed by atoms with Crippen LogP contribution in [0.3, 0.4) is 0 Å². The van der Waals surface area contributed by atoms with Crippen LogP contribution in [0.5, 0.6) is 5.75 Å². The summed E-state index contributed by atoms with van der Waals surface area (Å²) in [6.45, 7) is 3.18. The number of nitriles is 2. The highest BCUT2D eigenvalue weighted by atomic mass is 32.2. The monoisotopic (exact) mass is 601 g/mol. The number of nitrogens with zero attached hydrogens (tertiary/aromatic N) is 3. The van der Waals surface area contributed by atoms with Gasteiger partial charge in [-0.2, -0.15) is 14.8 Å². The predicted molar refractivity (Wildman–Crippen MR) is 167 cm³/mol. The maximum atomic E-state index is 14.5. The minimum atomic E-state index is -4.21. The van der Waals surface area contributed by atoms with Crippen molar-refractivity contribution < 1.29 is 17.9 Å². The molecule has 0 amide bonds. The van der Waals surface area contributed by atoms with Crippen molar-refractivity contribution in [3.8, 4) is 17.9 Å². The fraction of sp³-hybridized carbons (Fsp3) is 0.194. The molecule has 220 valence electrons. The number of rotatable bonds is 7. The number of hydrogen-bond donors (Lipinski definition) is 0. The highest BCUT2D eigenvalue weighted by Gasteiger charge is 2.59. The van der Waals surface area contributed by atoms with E-state index in [1.807, 2.05) is 79.7 Å². The van der Waals surface area contributed by atoms with Crippen molar-refractivity contribution in [2.45, 2.75) is 30.7 Å². The molecule has 3 atom stereocenters. The van der Waals surface area contributed by atoms with Crippen molar-refractivity contribution in [3.05, 3.63) is 138 Å². The summed E-state index contributed by atoms with van der Waals surface area (Å²) in [5.74, 6) is -1.44. The fourth-order valence-corrected chi connectivity index (χ4v) is 7.58. The van der Waals surface area contributed by atoms with Gasteiger partial charge >= 0.3 is 5.97 Å². The van der Waals surface area contributed by atoms with Crippen LogP contribution in [-0.2, 0) is 14.8 Å². The van der Waals surface area contributed by atoms with Gasteiger partial charge in [0, 0.05) is 25.3 Å². The first-order chi connectivity index (χ1) is 21.2. The van der Waals surface area contributed by atoms with Crippen LogP contribution in [0.15, 0.2) is 120 Å². The van der Waals surface area contributed by atoms with Crippen LogP contribution in [-0.4, -0.2) is 25.2 Å². The predicted octanol–water partition coefficient (Wildman–Crippen LogP) is 6.81. The van der Waals surface area contributed by atoms with Gasteiger partial charge in [0.25, 0.3) is 0 Å². The zero-order valence-electron chi connectivity index (χ0n) is 24.4. The SMILES string of the molecule is CC(=O)Oc1ccc([C@@H]2N(S(=O)(=O)c3ccc(C)cc3)C[C@@H](c3ccccc3)[C@@H](/C=C/c3ccccc3)C2(C#N)C#N)cc1. The number of piperidine rings is 1. The number of carbonyl (C=O) groups is 1. The van der Waals surface area contributed by atoms with Gasteiger partial charge in [-0.25, -0.2) is 8.42 Å². The molecule has 4 aromatic carbocycles. The molecule has 0 spiro atoms. The average Bonchev–Trinajstić information content (AvgIpc) is 3.04. The van der Waals surface area contributed by atoms with Gasteiger partial charge in [-0.05, 0) is 47.9 Å².